The number of benzene rings is 2. The summed E-state index contributed by atoms with van der Waals surface area (Å²) >= 11 is 1.58. The molecule has 0 radical (unpaired) electrons. The fraction of sp³-hybridized carbons (Fsp3) is 0.190. The number of para-hydroxylation sites is 2. The molecule has 0 aliphatic rings. The number of aryl methyl sites for hydroxylation is 3. The lowest BCUT2D eigenvalue weighted by Crippen LogP contribution is -2.24. The number of amides is 1. The van der Waals surface area contributed by atoms with E-state index in [1.807, 2.05) is 60.8 Å². The van der Waals surface area contributed by atoms with Crippen molar-refractivity contribution >= 4 is 34.0 Å². The van der Waals surface area contributed by atoms with Gasteiger partial charge in [-0.05, 0) is 31.2 Å². The minimum atomic E-state index is -0.132. The van der Waals surface area contributed by atoms with Gasteiger partial charge in [0.1, 0.15) is 5.01 Å². The average molecular weight is 392 g/mol. The fourth-order valence-corrected chi connectivity index (χ4v) is 4.03. The van der Waals surface area contributed by atoms with E-state index in [-0.39, 0.29) is 18.0 Å². The number of nitrogens with one attached hydrogen (secondary N) is 1. The molecule has 0 atom stereocenters. The quantitative estimate of drug-likeness (QED) is 0.562. The summed E-state index contributed by atoms with van der Waals surface area (Å²) in [6.45, 7) is 2.29. The molecule has 4 rings (SSSR count). The maximum atomic E-state index is 12.5. The van der Waals surface area contributed by atoms with E-state index in [0.29, 0.717) is 6.54 Å². The van der Waals surface area contributed by atoms with Crippen molar-refractivity contribution in [2.75, 3.05) is 5.32 Å². The number of carbonyl (C=O) groups excluding carboxylic acids is 1. The molecule has 142 valence electrons. The van der Waals surface area contributed by atoms with E-state index in [1.165, 1.54) is 0 Å². The highest BCUT2D eigenvalue weighted by atomic mass is 32.1. The third-order valence-electron chi connectivity index (χ3n) is 4.63. The lowest BCUT2D eigenvalue weighted by molar-refractivity contribution is -0.116. The predicted molar refractivity (Wildman–Crippen MR) is 113 cm³/mol. The van der Waals surface area contributed by atoms with Gasteiger partial charge >= 0.3 is 5.69 Å². The number of thiazole rings is 1. The van der Waals surface area contributed by atoms with Crippen molar-refractivity contribution in [3.8, 4) is 10.6 Å². The molecule has 2 aromatic heterocycles. The second-order valence-corrected chi connectivity index (χ2v) is 7.51. The van der Waals surface area contributed by atoms with Crippen molar-refractivity contribution in [1.29, 1.82) is 0 Å². The monoisotopic (exact) mass is 392 g/mol. The van der Waals surface area contributed by atoms with Gasteiger partial charge in [-0.1, -0.05) is 24.3 Å². The zero-order valence-corrected chi connectivity index (χ0v) is 16.5. The van der Waals surface area contributed by atoms with Crippen molar-refractivity contribution in [2.45, 2.75) is 19.9 Å². The highest BCUT2D eigenvalue weighted by Crippen LogP contribution is 2.26. The molecule has 4 aromatic rings. The summed E-state index contributed by atoms with van der Waals surface area (Å²) in [5.74, 6) is -0.132. The van der Waals surface area contributed by atoms with E-state index in [9.17, 15) is 9.59 Å². The van der Waals surface area contributed by atoms with Crippen molar-refractivity contribution in [1.82, 2.24) is 14.1 Å². The fourth-order valence-electron chi connectivity index (χ4n) is 3.23. The molecule has 1 amide bonds. The van der Waals surface area contributed by atoms with Crippen LogP contribution in [0.15, 0.2) is 58.7 Å². The van der Waals surface area contributed by atoms with Crippen LogP contribution in [0, 0.1) is 6.92 Å². The second-order valence-electron chi connectivity index (χ2n) is 6.65. The number of hydrogen-bond acceptors (Lipinski definition) is 4. The molecule has 1 N–H and O–H groups in total. The molecule has 28 heavy (non-hydrogen) atoms. The smallest absolute Gasteiger partial charge is 0.326 e. The summed E-state index contributed by atoms with van der Waals surface area (Å²) in [6.07, 6.45) is 0.217. The largest absolute Gasteiger partial charge is 0.328 e. The van der Waals surface area contributed by atoms with E-state index in [0.717, 1.165) is 33.0 Å². The molecule has 0 saturated heterocycles. The Hall–Kier alpha value is -3.19. The van der Waals surface area contributed by atoms with Gasteiger partial charge in [-0.25, -0.2) is 9.78 Å². The van der Waals surface area contributed by atoms with Gasteiger partial charge in [-0.15, -0.1) is 11.3 Å². The van der Waals surface area contributed by atoms with Crippen LogP contribution in [0.4, 0.5) is 5.69 Å². The standard InChI is InChI=1S/C21H20N4O2S/c1-14-13-28-20(22-14)15-6-5-7-16(12-15)23-19(26)10-11-25-18-9-4-3-8-17(18)24(2)21(25)27/h3-9,12-13H,10-11H2,1-2H3,(H,23,26). The van der Waals surface area contributed by atoms with E-state index >= 15 is 0 Å². The van der Waals surface area contributed by atoms with Gasteiger partial charge in [0.05, 0.1) is 11.0 Å². The summed E-state index contributed by atoms with van der Waals surface area (Å²) in [7, 11) is 1.74. The third kappa shape index (κ3) is 3.48. The molecular formula is C21H20N4O2S. The van der Waals surface area contributed by atoms with Gasteiger partial charge in [-0.2, -0.15) is 0 Å². The number of imidazole rings is 1. The second kappa shape index (κ2) is 7.44. The van der Waals surface area contributed by atoms with Crippen LogP contribution in [-0.4, -0.2) is 20.0 Å². The minimum absolute atomic E-state index is 0.116. The summed E-state index contributed by atoms with van der Waals surface area (Å²) in [5, 5.41) is 5.85. The zero-order chi connectivity index (χ0) is 19.7. The van der Waals surface area contributed by atoms with Gasteiger partial charge in [-0.3, -0.25) is 13.9 Å². The molecule has 0 aliphatic carbocycles. The Morgan fingerprint density at radius 2 is 1.93 bits per heavy atom. The first-order chi connectivity index (χ1) is 13.5. The van der Waals surface area contributed by atoms with E-state index in [1.54, 1.807) is 27.5 Å². The molecule has 0 spiro atoms. The Morgan fingerprint density at radius 3 is 2.68 bits per heavy atom. The van der Waals surface area contributed by atoms with E-state index in [4.69, 9.17) is 0 Å². The van der Waals surface area contributed by atoms with Gasteiger partial charge in [0.25, 0.3) is 0 Å². The maximum absolute atomic E-state index is 12.5. The normalized spacial score (nSPS) is 11.1. The number of hydrogen-bond donors (Lipinski definition) is 1. The molecule has 6 nitrogen and oxygen atoms in total. The average Bonchev–Trinajstić information content (AvgIpc) is 3.23. The van der Waals surface area contributed by atoms with Crippen LogP contribution in [0.2, 0.25) is 0 Å². The van der Waals surface area contributed by atoms with Crippen LogP contribution in [0.25, 0.3) is 21.6 Å². The Bertz CT molecular complexity index is 1220. The van der Waals surface area contributed by atoms with E-state index in [2.05, 4.69) is 10.3 Å². The molecule has 0 bridgehead atoms. The van der Waals surface area contributed by atoms with Crippen molar-refractivity contribution in [3.63, 3.8) is 0 Å². The van der Waals surface area contributed by atoms with Gasteiger partial charge in [0, 0.05) is 42.3 Å². The van der Waals surface area contributed by atoms with E-state index < -0.39 is 0 Å². The number of rotatable bonds is 5. The molecule has 0 unspecified atom stereocenters. The third-order valence-corrected chi connectivity index (χ3v) is 5.64. The Kier molecular flexibility index (Phi) is 4.83. The Morgan fingerprint density at radius 1 is 1.14 bits per heavy atom. The lowest BCUT2D eigenvalue weighted by atomic mass is 10.2. The molecule has 0 fully saturated rings. The summed E-state index contributed by atoms with van der Waals surface area (Å²) in [4.78, 5) is 29.4. The molecule has 0 aliphatic heterocycles. The topological polar surface area (TPSA) is 68.9 Å². The molecule has 7 heteroatoms. The van der Waals surface area contributed by atoms with Crippen molar-refractivity contribution < 1.29 is 4.79 Å². The van der Waals surface area contributed by atoms with Crippen LogP contribution in [0.1, 0.15) is 12.1 Å². The van der Waals surface area contributed by atoms with Crippen LogP contribution in [0.3, 0.4) is 0 Å². The summed E-state index contributed by atoms with van der Waals surface area (Å²) in [5.41, 5.74) is 4.26. The van der Waals surface area contributed by atoms with Crippen LogP contribution in [-0.2, 0) is 18.4 Å². The van der Waals surface area contributed by atoms with Gasteiger partial charge < -0.3 is 5.32 Å². The van der Waals surface area contributed by atoms with Crippen molar-refractivity contribution in [3.05, 3.63) is 70.1 Å². The minimum Gasteiger partial charge on any atom is -0.326 e. The summed E-state index contributed by atoms with van der Waals surface area (Å²) in [6, 6.07) is 15.2. The highest BCUT2D eigenvalue weighted by molar-refractivity contribution is 7.13. The first-order valence-corrected chi connectivity index (χ1v) is 9.87. The number of fused-ring (bicyclic) bond motifs is 1. The molecule has 2 aromatic carbocycles. The molecule has 2 heterocycles. The number of aromatic nitrogens is 3. The first kappa shape index (κ1) is 18.2. The number of anilines is 1. The maximum Gasteiger partial charge on any atom is 0.328 e. The predicted octanol–water partition coefficient (Wildman–Crippen LogP) is 3.80. The zero-order valence-electron chi connectivity index (χ0n) is 15.7. The molecule has 0 saturated carbocycles. The van der Waals surface area contributed by atoms with Crippen LogP contribution < -0.4 is 11.0 Å². The van der Waals surface area contributed by atoms with Crippen molar-refractivity contribution in [2.24, 2.45) is 7.05 Å². The number of carbonyl (C=O) groups is 1. The highest BCUT2D eigenvalue weighted by Gasteiger charge is 2.12. The molecular weight excluding hydrogens is 372 g/mol. The first-order valence-electron chi connectivity index (χ1n) is 8.99. The van der Waals surface area contributed by atoms with Crippen LogP contribution in [0.5, 0.6) is 0 Å². The van der Waals surface area contributed by atoms with Gasteiger partial charge in [0.15, 0.2) is 0 Å². The Labute approximate surface area is 166 Å². The number of nitrogens with zero attached hydrogens (tertiary/aromatic N) is 3. The summed E-state index contributed by atoms with van der Waals surface area (Å²) < 4.78 is 3.25. The van der Waals surface area contributed by atoms with Crippen LogP contribution >= 0.6 is 11.3 Å². The lowest BCUT2D eigenvalue weighted by Gasteiger charge is -2.07. The Balaban J connectivity index is 1.47. The SMILES string of the molecule is Cc1csc(-c2cccc(NC(=O)CCn3c(=O)n(C)c4ccccc43)c2)n1. The van der Waals surface area contributed by atoms with Gasteiger partial charge in [0.2, 0.25) is 5.91 Å².